The Morgan fingerprint density at radius 1 is 1.12 bits per heavy atom. The van der Waals surface area contributed by atoms with Gasteiger partial charge in [-0.1, -0.05) is 37.5 Å². The molecule has 1 aliphatic rings. The summed E-state index contributed by atoms with van der Waals surface area (Å²) in [6.07, 6.45) is 7.90. The van der Waals surface area contributed by atoms with Crippen LogP contribution in [0.4, 0.5) is 0 Å². The van der Waals surface area contributed by atoms with E-state index in [9.17, 15) is 14.4 Å². The Morgan fingerprint density at radius 3 is 2.58 bits per heavy atom. The minimum atomic E-state index is -0.483. The van der Waals surface area contributed by atoms with Crippen LogP contribution in [-0.4, -0.2) is 31.4 Å². The second kappa shape index (κ2) is 10.2. The zero-order chi connectivity index (χ0) is 18.8. The van der Waals surface area contributed by atoms with Crippen molar-refractivity contribution < 1.29 is 19.1 Å². The summed E-state index contributed by atoms with van der Waals surface area (Å²) in [6.45, 7) is -0.161. The van der Waals surface area contributed by atoms with E-state index in [1.165, 1.54) is 12.5 Å². The van der Waals surface area contributed by atoms with Crippen LogP contribution in [0.25, 0.3) is 6.08 Å². The van der Waals surface area contributed by atoms with Crippen LogP contribution in [0.5, 0.6) is 5.75 Å². The highest BCUT2D eigenvalue weighted by molar-refractivity contribution is 5.94. The molecule has 0 heterocycles. The molecular formula is C19H25N3O4. The van der Waals surface area contributed by atoms with Gasteiger partial charge in [-0.15, -0.1) is 0 Å². The van der Waals surface area contributed by atoms with Gasteiger partial charge >= 0.3 is 0 Å². The monoisotopic (exact) mass is 359 g/mol. The number of carbonyl (C=O) groups excluding carboxylic acids is 3. The van der Waals surface area contributed by atoms with Crippen molar-refractivity contribution in [2.75, 3.05) is 13.7 Å². The van der Waals surface area contributed by atoms with Crippen molar-refractivity contribution >= 4 is 23.8 Å². The molecule has 0 spiro atoms. The van der Waals surface area contributed by atoms with E-state index in [0.29, 0.717) is 5.75 Å². The van der Waals surface area contributed by atoms with Gasteiger partial charge < -0.3 is 10.1 Å². The predicted molar refractivity (Wildman–Crippen MR) is 97.9 cm³/mol. The molecule has 2 rings (SSSR count). The van der Waals surface area contributed by atoms with E-state index < -0.39 is 11.8 Å². The van der Waals surface area contributed by atoms with Crippen LogP contribution in [0.2, 0.25) is 0 Å². The van der Waals surface area contributed by atoms with Crippen molar-refractivity contribution in [3.63, 3.8) is 0 Å². The summed E-state index contributed by atoms with van der Waals surface area (Å²) in [5.74, 6) is -0.417. The summed E-state index contributed by atoms with van der Waals surface area (Å²) >= 11 is 0. The van der Waals surface area contributed by atoms with E-state index in [1.54, 1.807) is 19.3 Å². The molecule has 7 heteroatoms. The molecule has 0 radical (unpaired) electrons. The van der Waals surface area contributed by atoms with Crippen LogP contribution < -0.4 is 20.9 Å². The molecule has 0 aromatic heterocycles. The van der Waals surface area contributed by atoms with Crippen molar-refractivity contribution in [3.8, 4) is 5.75 Å². The molecular weight excluding hydrogens is 334 g/mol. The van der Waals surface area contributed by atoms with Gasteiger partial charge in [0.05, 0.1) is 13.7 Å². The molecule has 1 aromatic rings. The average molecular weight is 359 g/mol. The Morgan fingerprint density at radius 2 is 1.85 bits per heavy atom. The van der Waals surface area contributed by atoms with E-state index in [4.69, 9.17) is 4.74 Å². The van der Waals surface area contributed by atoms with Crippen LogP contribution in [0.1, 0.15) is 37.7 Å². The molecule has 7 nitrogen and oxygen atoms in total. The number of ether oxygens (including phenoxy) is 1. The highest BCUT2D eigenvalue weighted by Gasteiger charge is 2.21. The first kappa shape index (κ1) is 19.5. The number of nitrogens with one attached hydrogen (secondary N) is 3. The Bertz CT molecular complexity index is 667. The summed E-state index contributed by atoms with van der Waals surface area (Å²) in [5, 5.41) is 2.61. The Kier molecular flexibility index (Phi) is 7.67. The number of rotatable bonds is 6. The van der Waals surface area contributed by atoms with Crippen molar-refractivity contribution in [2.45, 2.75) is 32.1 Å². The zero-order valence-corrected chi connectivity index (χ0v) is 14.9. The summed E-state index contributed by atoms with van der Waals surface area (Å²) < 4.78 is 5.19. The number of hydrogen-bond acceptors (Lipinski definition) is 4. The van der Waals surface area contributed by atoms with Crippen LogP contribution in [0.15, 0.2) is 30.3 Å². The molecule has 1 saturated carbocycles. The van der Waals surface area contributed by atoms with Gasteiger partial charge in [-0.3, -0.25) is 25.2 Å². The van der Waals surface area contributed by atoms with Crippen LogP contribution in [0.3, 0.4) is 0 Å². The molecule has 0 bridgehead atoms. The zero-order valence-electron chi connectivity index (χ0n) is 14.9. The van der Waals surface area contributed by atoms with E-state index in [0.717, 1.165) is 31.2 Å². The van der Waals surface area contributed by atoms with Gasteiger partial charge in [-0.25, -0.2) is 0 Å². The standard InChI is InChI=1S/C19H25N3O4/c1-26-16-10-6-5-7-14(16)11-12-17(23)21-22-18(24)13-20-19(25)15-8-3-2-4-9-15/h5-7,10-12,15H,2-4,8-9,13H2,1H3,(H,20,25)(H,21,23)(H,22,24)/b12-11+. The molecule has 0 atom stereocenters. The maximum atomic E-state index is 12.0. The van der Waals surface area contributed by atoms with Gasteiger partial charge in [0.15, 0.2) is 0 Å². The number of para-hydroxylation sites is 1. The van der Waals surface area contributed by atoms with E-state index in [2.05, 4.69) is 16.2 Å². The number of hydrazine groups is 1. The molecule has 0 aliphatic heterocycles. The van der Waals surface area contributed by atoms with Gasteiger partial charge in [-0.05, 0) is 25.0 Å². The van der Waals surface area contributed by atoms with E-state index >= 15 is 0 Å². The molecule has 1 aromatic carbocycles. The third kappa shape index (κ3) is 6.23. The maximum Gasteiger partial charge on any atom is 0.262 e. The summed E-state index contributed by atoms with van der Waals surface area (Å²) in [7, 11) is 1.55. The molecule has 3 amide bonds. The molecule has 140 valence electrons. The van der Waals surface area contributed by atoms with Crippen LogP contribution in [-0.2, 0) is 14.4 Å². The number of carbonyl (C=O) groups is 3. The van der Waals surface area contributed by atoms with Crippen LogP contribution in [0, 0.1) is 5.92 Å². The first-order chi connectivity index (χ1) is 12.6. The number of methoxy groups -OCH3 is 1. The summed E-state index contributed by atoms with van der Waals surface area (Å²) in [4.78, 5) is 35.4. The molecule has 26 heavy (non-hydrogen) atoms. The predicted octanol–water partition coefficient (Wildman–Crippen LogP) is 1.55. The minimum absolute atomic E-state index is 0.00470. The fourth-order valence-corrected chi connectivity index (χ4v) is 2.86. The SMILES string of the molecule is COc1ccccc1/C=C/C(=O)NNC(=O)CNC(=O)C1CCCCC1. The van der Waals surface area contributed by atoms with Crippen molar-refractivity contribution in [2.24, 2.45) is 5.92 Å². The second-order valence-electron chi connectivity index (χ2n) is 6.17. The largest absolute Gasteiger partial charge is 0.496 e. The first-order valence-electron chi connectivity index (χ1n) is 8.78. The van der Waals surface area contributed by atoms with Gasteiger partial charge in [0.1, 0.15) is 5.75 Å². The van der Waals surface area contributed by atoms with Gasteiger partial charge in [0, 0.05) is 17.6 Å². The third-order valence-electron chi connectivity index (χ3n) is 4.28. The molecule has 1 fully saturated rings. The fraction of sp³-hybridized carbons (Fsp3) is 0.421. The second-order valence-corrected chi connectivity index (χ2v) is 6.17. The quantitative estimate of drug-likeness (QED) is 0.530. The lowest BCUT2D eigenvalue weighted by Gasteiger charge is -2.20. The smallest absolute Gasteiger partial charge is 0.262 e. The molecule has 0 unspecified atom stereocenters. The van der Waals surface area contributed by atoms with E-state index in [-0.39, 0.29) is 18.4 Å². The van der Waals surface area contributed by atoms with Crippen molar-refractivity contribution in [3.05, 3.63) is 35.9 Å². The number of amides is 3. The normalized spacial score (nSPS) is 14.7. The summed E-state index contributed by atoms with van der Waals surface area (Å²) in [5.41, 5.74) is 5.29. The van der Waals surface area contributed by atoms with Gasteiger partial charge in [0.25, 0.3) is 11.8 Å². The number of benzene rings is 1. The van der Waals surface area contributed by atoms with Crippen LogP contribution >= 0.6 is 0 Å². The molecule has 0 saturated heterocycles. The number of hydrogen-bond donors (Lipinski definition) is 3. The minimum Gasteiger partial charge on any atom is -0.496 e. The van der Waals surface area contributed by atoms with Crippen molar-refractivity contribution in [1.82, 2.24) is 16.2 Å². The van der Waals surface area contributed by atoms with E-state index in [1.807, 2.05) is 18.2 Å². The Labute approximate surface area is 153 Å². The fourth-order valence-electron chi connectivity index (χ4n) is 2.86. The lowest BCUT2D eigenvalue weighted by molar-refractivity contribution is -0.130. The topological polar surface area (TPSA) is 96.5 Å². The van der Waals surface area contributed by atoms with Gasteiger partial charge in [0.2, 0.25) is 5.91 Å². The summed E-state index contributed by atoms with van der Waals surface area (Å²) in [6, 6.07) is 7.26. The molecule has 3 N–H and O–H groups in total. The maximum absolute atomic E-state index is 12.0. The van der Waals surface area contributed by atoms with Gasteiger partial charge in [-0.2, -0.15) is 0 Å². The average Bonchev–Trinajstić information content (AvgIpc) is 2.69. The Balaban J connectivity index is 1.70. The lowest BCUT2D eigenvalue weighted by Crippen LogP contribution is -2.46. The molecule has 1 aliphatic carbocycles. The Hall–Kier alpha value is -2.83. The third-order valence-corrected chi connectivity index (χ3v) is 4.28. The first-order valence-corrected chi connectivity index (χ1v) is 8.78. The highest BCUT2D eigenvalue weighted by atomic mass is 16.5. The lowest BCUT2D eigenvalue weighted by atomic mass is 9.89. The van der Waals surface area contributed by atoms with Crippen molar-refractivity contribution in [1.29, 1.82) is 0 Å². The highest BCUT2D eigenvalue weighted by Crippen LogP contribution is 2.23.